The lowest BCUT2D eigenvalue weighted by Crippen LogP contribution is -2.32. The summed E-state index contributed by atoms with van der Waals surface area (Å²) in [7, 11) is 0. The summed E-state index contributed by atoms with van der Waals surface area (Å²) < 4.78 is 10.2. The predicted molar refractivity (Wildman–Crippen MR) is 73.1 cm³/mol. The molecule has 2 amide bonds. The Morgan fingerprint density at radius 2 is 1.50 bits per heavy atom. The summed E-state index contributed by atoms with van der Waals surface area (Å²) in [6, 6.07) is 0. The lowest BCUT2D eigenvalue weighted by molar-refractivity contribution is -0.198. The van der Waals surface area contributed by atoms with Gasteiger partial charge < -0.3 is 14.3 Å². The minimum absolute atomic E-state index is 0.0256. The third kappa shape index (κ3) is 6.66. The van der Waals surface area contributed by atoms with Gasteiger partial charge in [0.25, 0.3) is 11.8 Å². The van der Waals surface area contributed by atoms with Crippen LogP contribution in [0.5, 0.6) is 0 Å². The summed E-state index contributed by atoms with van der Waals surface area (Å²) in [6.45, 7) is 5.44. The van der Waals surface area contributed by atoms with Crippen LogP contribution in [-0.4, -0.2) is 47.6 Å². The van der Waals surface area contributed by atoms with Crippen molar-refractivity contribution in [1.29, 1.82) is 0 Å². The van der Waals surface area contributed by atoms with Gasteiger partial charge in [0.15, 0.2) is 0 Å². The number of hydrogen-bond acceptors (Lipinski definition) is 7. The maximum atomic E-state index is 11.4. The first kappa shape index (κ1) is 18.1. The van der Waals surface area contributed by atoms with Crippen LogP contribution in [0, 0.1) is 0 Å². The summed E-state index contributed by atoms with van der Waals surface area (Å²) in [6.07, 6.45) is 0.0673. The quantitative estimate of drug-likeness (QED) is 0.388. The number of hydrogen-bond donors (Lipinski definition) is 0. The molecule has 0 bridgehead atoms. The predicted octanol–water partition coefficient (Wildman–Crippen LogP) is 0.732. The molecule has 0 aromatic rings. The fraction of sp³-hybridized carbons (Fsp3) is 0.714. The van der Waals surface area contributed by atoms with Crippen LogP contribution in [0.4, 0.5) is 0 Å². The maximum absolute atomic E-state index is 11.4. The molecule has 0 aromatic heterocycles. The molecule has 1 rings (SSSR count). The molecule has 22 heavy (non-hydrogen) atoms. The van der Waals surface area contributed by atoms with E-state index in [2.05, 4.69) is 4.84 Å². The Bertz CT molecular complexity index is 437. The molecule has 1 heterocycles. The molecule has 0 radical (unpaired) electrons. The molecule has 0 atom stereocenters. The molecule has 1 saturated heterocycles. The van der Waals surface area contributed by atoms with E-state index in [0.29, 0.717) is 5.06 Å². The Morgan fingerprint density at radius 3 is 2.00 bits per heavy atom. The van der Waals surface area contributed by atoms with E-state index in [4.69, 9.17) is 9.47 Å². The van der Waals surface area contributed by atoms with Gasteiger partial charge in [0.05, 0.1) is 26.1 Å². The van der Waals surface area contributed by atoms with Crippen molar-refractivity contribution < 1.29 is 33.5 Å². The molecule has 0 saturated carbocycles. The molecule has 1 fully saturated rings. The lowest BCUT2D eigenvalue weighted by atomic mass is 10.2. The minimum Gasteiger partial charge on any atom is -0.460 e. The number of esters is 1. The highest BCUT2D eigenvalue weighted by Crippen LogP contribution is 2.12. The van der Waals surface area contributed by atoms with Crippen LogP contribution in [0.2, 0.25) is 0 Å². The van der Waals surface area contributed by atoms with E-state index >= 15 is 0 Å². The molecule has 0 spiro atoms. The highest BCUT2D eigenvalue weighted by atomic mass is 16.7. The number of hydroxylamine groups is 2. The maximum Gasteiger partial charge on any atom is 0.335 e. The fourth-order valence-electron chi connectivity index (χ4n) is 1.61. The Morgan fingerprint density at radius 1 is 1.00 bits per heavy atom. The zero-order chi connectivity index (χ0) is 16.8. The Balaban J connectivity index is 2.12. The van der Waals surface area contributed by atoms with E-state index in [1.54, 1.807) is 20.8 Å². The van der Waals surface area contributed by atoms with Crippen LogP contribution in [0.25, 0.3) is 0 Å². The lowest BCUT2D eigenvalue weighted by Gasteiger charge is -2.19. The van der Waals surface area contributed by atoms with Crippen molar-refractivity contribution in [3.63, 3.8) is 0 Å². The van der Waals surface area contributed by atoms with E-state index in [-0.39, 0.29) is 44.9 Å². The number of nitrogens with zero attached hydrogens (tertiary/aromatic N) is 1. The Hall–Kier alpha value is -1.96. The van der Waals surface area contributed by atoms with Crippen LogP contribution in [0.1, 0.15) is 46.5 Å². The van der Waals surface area contributed by atoms with Crippen molar-refractivity contribution in [3.8, 4) is 0 Å². The molecule has 1 aliphatic rings. The molecule has 8 nitrogen and oxygen atoms in total. The van der Waals surface area contributed by atoms with Gasteiger partial charge in [0, 0.05) is 12.8 Å². The van der Waals surface area contributed by atoms with Crippen LogP contribution in [0.3, 0.4) is 0 Å². The zero-order valence-corrected chi connectivity index (χ0v) is 13.0. The molecule has 1 aliphatic heterocycles. The smallest absolute Gasteiger partial charge is 0.335 e. The number of carbonyl (C=O) groups is 4. The van der Waals surface area contributed by atoms with Gasteiger partial charge in [0.2, 0.25) is 0 Å². The SMILES string of the molecule is CC(C)(C)OC(=O)CCOCCC(=O)ON1C(=O)CCC1=O. The van der Waals surface area contributed by atoms with Crippen LogP contribution in [0.15, 0.2) is 0 Å². The highest BCUT2D eigenvalue weighted by molar-refractivity contribution is 6.01. The Labute approximate surface area is 128 Å². The molecule has 8 heteroatoms. The first-order valence-electron chi connectivity index (χ1n) is 7.05. The third-order valence-electron chi connectivity index (χ3n) is 2.52. The molecular formula is C14H21NO7. The van der Waals surface area contributed by atoms with Crippen LogP contribution < -0.4 is 0 Å². The van der Waals surface area contributed by atoms with Crippen molar-refractivity contribution in [2.75, 3.05) is 13.2 Å². The second kappa shape index (κ2) is 7.88. The van der Waals surface area contributed by atoms with E-state index in [1.165, 1.54) is 0 Å². The largest absolute Gasteiger partial charge is 0.460 e. The summed E-state index contributed by atoms with van der Waals surface area (Å²) in [4.78, 5) is 49.9. The van der Waals surface area contributed by atoms with Gasteiger partial charge in [-0.15, -0.1) is 5.06 Å². The number of imide groups is 1. The average Bonchev–Trinajstić information content (AvgIpc) is 2.68. The van der Waals surface area contributed by atoms with Gasteiger partial charge in [-0.25, -0.2) is 4.79 Å². The van der Waals surface area contributed by atoms with E-state index in [0.717, 1.165) is 0 Å². The van der Waals surface area contributed by atoms with Crippen LogP contribution >= 0.6 is 0 Å². The Kier molecular flexibility index (Phi) is 6.48. The van der Waals surface area contributed by atoms with Crippen molar-refractivity contribution in [2.24, 2.45) is 0 Å². The summed E-state index contributed by atoms with van der Waals surface area (Å²) in [5, 5.41) is 0.489. The first-order chi connectivity index (χ1) is 10.2. The molecule has 0 unspecified atom stereocenters. The normalized spacial score (nSPS) is 15.1. The monoisotopic (exact) mass is 315 g/mol. The number of amides is 2. The van der Waals surface area contributed by atoms with Crippen molar-refractivity contribution in [2.45, 2.75) is 52.1 Å². The number of ether oxygens (including phenoxy) is 2. The van der Waals surface area contributed by atoms with Crippen molar-refractivity contribution in [1.82, 2.24) is 5.06 Å². The van der Waals surface area contributed by atoms with Gasteiger partial charge in [0.1, 0.15) is 5.60 Å². The highest BCUT2D eigenvalue weighted by Gasteiger charge is 2.32. The molecular weight excluding hydrogens is 294 g/mol. The minimum atomic E-state index is -0.735. The summed E-state index contributed by atoms with van der Waals surface area (Å²) in [5.41, 5.74) is -0.546. The molecule has 0 N–H and O–H groups in total. The van der Waals surface area contributed by atoms with Crippen LogP contribution in [-0.2, 0) is 33.5 Å². The van der Waals surface area contributed by atoms with Gasteiger partial charge in [-0.3, -0.25) is 14.4 Å². The van der Waals surface area contributed by atoms with E-state index in [1.807, 2.05) is 0 Å². The third-order valence-corrected chi connectivity index (χ3v) is 2.52. The van der Waals surface area contributed by atoms with E-state index < -0.39 is 23.4 Å². The van der Waals surface area contributed by atoms with Gasteiger partial charge in [-0.2, -0.15) is 0 Å². The topological polar surface area (TPSA) is 99.2 Å². The van der Waals surface area contributed by atoms with Crippen molar-refractivity contribution in [3.05, 3.63) is 0 Å². The van der Waals surface area contributed by atoms with Gasteiger partial charge in [-0.1, -0.05) is 0 Å². The number of rotatable bonds is 7. The molecule has 0 aliphatic carbocycles. The zero-order valence-electron chi connectivity index (χ0n) is 13.0. The van der Waals surface area contributed by atoms with Crippen molar-refractivity contribution >= 4 is 23.8 Å². The fourth-order valence-corrected chi connectivity index (χ4v) is 1.61. The average molecular weight is 315 g/mol. The summed E-state index contributed by atoms with van der Waals surface area (Å²) >= 11 is 0. The molecule has 124 valence electrons. The second-order valence-corrected chi connectivity index (χ2v) is 5.74. The van der Waals surface area contributed by atoms with Gasteiger partial charge >= 0.3 is 11.9 Å². The molecule has 0 aromatic carbocycles. The standard InChI is InChI=1S/C14H21NO7/c1-14(2,3)21-12(18)6-8-20-9-7-13(19)22-15-10(16)4-5-11(15)17/h4-9H2,1-3H3. The second-order valence-electron chi connectivity index (χ2n) is 5.74. The van der Waals surface area contributed by atoms with Gasteiger partial charge in [-0.05, 0) is 20.8 Å². The first-order valence-corrected chi connectivity index (χ1v) is 7.05. The number of carbonyl (C=O) groups excluding carboxylic acids is 4. The summed E-state index contributed by atoms with van der Waals surface area (Å²) in [5.74, 6) is -2.17. The van der Waals surface area contributed by atoms with E-state index in [9.17, 15) is 19.2 Å².